The number of carboxylic acid groups (broad SMARTS) is 2. The van der Waals surface area contributed by atoms with Gasteiger partial charge in [-0.3, -0.25) is 29.3 Å². The van der Waals surface area contributed by atoms with Crippen LogP contribution < -0.4 is 276 Å². The van der Waals surface area contributed by atoms with Crippen LogP contribution in [0.3, 0.4) is 0 Å². The van der Waals surface area contributed by atoms with Gasteiger partial charge >= 0.3 is 266 Å². The van der Waals surface area contributed by atoms with Crippen LogP contribution in [0.4, 0.5) is 0 Å². The largest absolute Gasteiger partial charge is 1.00 e. The average Bonchev–Trinajstić information content (AvgIpc) is 0.762. The monoisotopic (exact) mass is 1730 g/mol. The molecule has 0 bridgehead atoms. The van der Waals surface area contributed by atoms with Gasteiger partial charge in [0.05, 0.1) is 31.8 Å². The van der Waals surface area contributed by atoms with Crippen molar-refractivity contribution in [3.05, 3.63) is 0 Å². The summed E-state index contributed by atoms with van der Waals surface area (Å²) in [6.07, 6.45) is -61.9. The van der Waals surface area contributed by atoms with Crippen molar-refractivity contribution >= 4 is 84.7 Å². The fourth-order valence-electron chi connectivity index (χ4n) is 10.2. The van der Waals surface area contributed by atoms with Crippen molar-refractivity contribution in [1.82, 2.24) is 0 Å². The van der Waals surface area contributed by atoms with Gasteiger partial charge in [0.1, 0.15) is 110 Å². The molecule has 0 radical (unpaired) electrons. The molecule has 49 nitrogen and oxygen atoms in total. The first-order valence-electron chi connectivity index (χ1n) is 25.2. The SMILES string of the molecule is CO[C@H]1O[C@H](COS(=O)(=O)[O-])[C@H](O[C@@H]2O[C@@H](C(=O)[O-])[C@H](O[C@H]3O[C@H](COS(=O)(=O)[O-])[C@H](O[C@H]4O[C@H](C(=O)[O-])[C@@H](O[C@@H]5O[C@H](COS(=O)(=O)[O-])[C@@H](OC)[C@H](OC)[C@H]5OC)[C@H](OC)[C@H]4OC)[C@H](OS(=O)(=O)[O-])[C@H]3OS(=O)(=O)[O-])[C@H](OC)[C@H]2OC)[C@H](OS(=O)(=O)[O-])[C@H]1OS(=O)(=O)[O-].[Na+].[Na+].[Na+].[Na+].[Na+].[Na+].[Na+].[Na+].[Na+]. The van der Waals surface area contributed by atoms with Crippen LogP contribution in [0.15, 0.2) is 0 Å². The molecule has 0 saturated carbocycles. The van der Waals surface area contributed by atoms with Crippen LogP contribution in [0, 0.1) is 0 Å². The summed E-state index contributed by atoms with van der Waals surface area (Å²) >= 11 is 0. The maximum absolute atomic E-state index is 13.2. The smallest absolute Gasteiger partial charge is 0.726 e. The van der Waals surface area contributed by atoms with Gasteiger partial charge in [0, 0.05) is 56.9 Å². The Morgan fingerprint density at radius 2 is 0.476 bits per heavy atom. The fourth-order valence-corrected chi connectivity index (χ4v) is 13.0. The van der Waals surface area contributed by atoms with E-state index < -0.39 is 258 Å². The number of methoxy groups -OCH3 is 8. The maximum atomic E-state index is 13.2. The number of carboxylic acids is 2. The first kappa shape index (κ1) is 118. The molecule has 103 heavy (non-hydrogen) atoms. The van der Waals surface area contributed by atoms with E-state index >= 15 is 0 Å². The van der Waals surface area contributed by atoms with Gasteiger partial charge in [-0.05, 0) is 0 Å². The van der Waals surface area contributed by atoms with Gasteiger partial charge < -0.3 is 132 Å². The van der Waals surface area contributed by atoms with Crippen molar-refractivity contribution in [3.8, 4) is 0 Å². The van der Waals surface area contributed by atoms with E-state index in [0.717, 1.165) is 35.5 Å². The van der Waals surface area contributed by atoms with Crippen molar-refractivity contribution < 1.29 is 486 Å². The molecule has 65 heteroatoms. The van der Waals surface area contributed by atoms with E-state index in [1.54, 1.807) is 0 Å². The molecule has 0 aromatic rings. The first-order chi connectivity index (χ1) is 43.2. The third-order valence-electron chi connectivity index (χ3n) is 13.6. The molecule has 5 saturated heterocycles. The van der Waals surface area contributed by atoms with Crippen molar-refractivity contribution in [3.63, 3.8) is 0 Å². The van der Waals surface area contributed by atoms with Crippen molar-refractivity contribution in [2.45, 2.75) is 154 Å². The fraction of sp³-hybridized carbons (Fsp3) is 0.947. The topological polar surface area (TPSA) is 702 Å². The third-order valence-corrected chi connectivity index (χ3v) is 16.7. The van der Waals surface area contributed by atoms with E-state index in [1.807, 2.05) is 0 Å². The molecule has 0 aliphatic carbocycles. The zero-order valence-corrected chi connectivity index (χ0v) is 81.1. The van der Waals surface area contributed by atoms with E-state index in [4.69, 9.17) is 80.5 Å². The Hall–Kier alpha value is 6.35. The molecule has 25 atom stereocenters. The number of carbonyl (C=O) groups is 2. The van der Waals surface area contributed by atoms with E-state index in [9.17, 15) is 111 Å². The Morgan fingerprint density at radius 1 is 0.262 bits per heavy atom. The Bertz CT molecular complexity index is 3380. The summed E-state index contributed by atoms with van der Waals surface area (Å²) in [6, 6.07) is 0. The standard InChI is InChI=1S/C38H64O49S7.9Na/c1-64-15-12(9-72-88(43,44)45)76-35(27(68-5)18(15)65-2)80-21-19(66-3)28(69-6)37(82-25(21)32(39)40)79-17-14(11-74-90(49,50)51)77-38(31(87-94(61,62)63)24(17)85-92(55,56)57)81-22-20(67-4)29(70-7)36(83-26(22)33(41)42)78-16-13(10-73-89(46,47)48)75-34(71-8)30(86-93(58,59)60)23(16)84-91(52,53)54;;;;;;;;;/h12-31,34-38H,9-11H2,1-8H3,(H,39,40)(H,41,42)(H,43,44,45)(H,46,47,48)(H,49,50,51)(H,52,53,54)(H,55,56,57)(H,58,59,60)(H,61,62,63);;;;;;;;;/q;9*+1/p-9/t12-,13-,14-,15-,16+,17+,18+,19+,20+,21+,22-,23+,24+,25+,26-,27-,28-,29-,30-,31-,34+,35+,36-,37+,38-;;;;;;;;;/m1........./s1. The molecule has 0 amide bonds. The normalized spacial score (nSPS) is 34.3. The molecule has 0 aromatic carbocycles. The van der Waals surface area contributed by atoms with Gasteiger partial charge in [-0.1, -0.05) is 0 Å². The van der Waals surface area contributed by atoms with Crippen molar-refractivity contribution in [1.29, 1.82) is 0 Å². The predicted molar refractivity (Wildman–Crippen MR) is 261 cm³/mol. The van der Waals surface area contributed by atoms with Crippen LogP contribution in [0.5, 0.6) is 0 Å². The molecule has 5 heterocycles. The number of carbonyl (C=O) groups excluding carboxylic acids is 2. The Balaban J connectivity index is -0.00000356. The Morgan fingerprint density at radius 3 is 0.718 bits per heavy atom. The van der Waals surface area contributed by atoms with E-state index in [-0.39, 0.29) is 266 Å². The van der Waals surface area contributed by atoms with Crippen LogP contribution in [-0.4, -0.2) is 333 Å². The maximum Gasteiger partial charge on any atom is 1.00 e. The molecular formula is C38H55Na9O49S7. The Labute approximate surface area is 788 Å². The van der Waals surface area contributed by atoms with Crippen molar-refractivity contribution in [2.75, 3.05) is 76.7 Å². The van der Waals surface area contributed by atoms with E-state index in [0.29, 0.717) is 21.3 Å². The second-order valence-electron chi connectivity index (χ2n) is 19.1. The van der Waals surface area contributed by atoms with E-state index in [2.05, 4.69) is 29.3 Å². The molecular weight excluding hydrogens is 1670 g/mol. The van der Waals surface area contributed by atoms with Gasteiger partial charge in [-0.25, -0.2) is 58.9 Å². The number of hydrogen-bond donors (Lipinski definition) is 0. The summed E-state index contributed by atoms with van der Waals surface area (Å²) in [5.74, 6) is -4.89. The van der Waals surface area contributed by atoms with E-state index in [1.165, 1.54) is 0 Å². The van der Waals surface area contributed by atoms with Gasteiger partial charge in [0.25, 0.3) is 0 Å². The molecule has 552 valence electrons. The zero-order chi connectivity index (χ0) is 71.2. The first-order valence-corrected chi connectivity index (χ1v) is 34.5. The minimum Gasteiger partial charge on any atom is -0.726 e. The molecule has 0 unspecified atom stereocenters. The predicted octanol–water partition coefficient (Wildman–Crippen LogP) is -39.7. The van der Waals surface area contributed by atoms with Crippen LogP contribution in [0.2, 0.25) is 0 Å². The van der Waals surface area contributed by atoms with Crippen LogP contribution in [0.25, 0.3) is 0 Å². The summed E-state index contributed by atoms with van der Waals surface area (Å²) in [4.78, 5) is 26.2. The number of aliphatic carboxylic acids is 2. The minimum absolute atomic E-state index is 0. The molecule has 0 spiro atoms. The zero-order valence-electron chi connectivity index (χ0n) is 57.4. The minimum atomic E-state index is -6.52. The summed E-state index contributed by atoms with van der Waals surface area (Å²) in [6.45, 7) is -4.69. The number of hydrogen-bond acceptors (Lipinski definition) is 49. The third kappa shape index (κ3) is 36.1. The summed E-state index contributed by atoms with van der Waals surface area (Å²) in [5.41, 5.74) is 0. The summed E-state index contributed by atoms with van der Waals surface area (Å²) < 4.78 is 377. The second-order valence-corrected chi connectivity index (χ2v) is 26.3. The molecule has 5 fully saturated rings. The quantitative estimate of drug-likeness (QED) is 0.0323. The molecule has 5 aliphatic rings. The van der Waals surface area contributed by atoms with Crippen LogP contribution in [-0.2, 0) is 192 Å². The summed E-state index contributed by atoms with van der Waals surface area (Å²) in [7, 11) is -36.0. The van der Waals surface area contributed by atoms with Gasteiger partial charge in [0.15, 0.2) is 43.7 Å². The number of ether oxygens (including phenoxy) is 17. The van der Waals surface area contributed by atoms with Crippen LogP contribution in [0.1, 0.15) is 0 Å². The molecule has 0 aromatic heterocycles. The average molecular weight is 1730 g/mol. The van der Waals surface area contributed by atoms with Crippen LogP contribution >= 0.6 is 0 Å². The Kier molecular flexibility index (Phi) is 58.5. The van der Waals surface area contributed by atoms with Gasteiger partial charge in [-0.15, -0.1) is 0 Å². The van der Waals surface area contributed by atoms with Gasteiger partial charge in [-0.2, -0.15) is 0 Å². The number of rotatable bonds is 35. The summed E-state index contributed by atoms with van der Waals surface area (Å²) in [5, 5.41) is 26.2. The second kappa shape index (κ2) is 51.1. The molecule has 5 aliphatic heterocycles. The molecule has 5 rings (SSSR count). The van der Waals surface area contributed by atoms with Crippen molar-refractivity contribution in [2.24, 2.45) is 0 Å². The van der Waals surface area contributed by atoms with Gasteiger partial charge in [0.2, 0.25) is 72.8 Å². The molecule has 0 N–H and O–H groups in total.